The van der Waals surface area contributed by atoms with Gasteiger partial charge in [-0.15, -0.1) is 0 Å². The van der Waals surface area contributed by atoms with Crippen molar-refractivity contribution in [3.05, 3.63) is 41.2 Å². The first-order valence-corrected chi connectivity index (χ1v) is 5.25. The van der Waals surface area contributed by atoms with E-state index in [1.54, 1.807) is 19.4 Å². The molecule has 88 valence electrons. The van der Waals surface area contributed by atoms with Crippen molar-refractivity contribution in [2.75, 3.05) is 7.05 Å². The third-order valence-electron chi connectivity index (χ3n) is 2.15. The summed E-state index contributed by atoms with van der Waals surface area (Å²) in [5.74, 6) is -0.235. The Hall–Kier alpha value is -1.95. The quantitative estimate of drug-likeness (QED) is 0.887. The second-order valence-corrected chi connectivity index (χ2v) is 3.88. The number of amides is 1. The van der Waals surface area contributed by atoms with E-state index in [9.17, 15) is 4.79 Å². The van der Waals surface area contributed by atoms with Crippen LogP contribution in [0.25, 0.3) is 0 Å². The van der Waals surface area contributed by atoms with Gasteiger partial charge >= 0.3 is 0 Å². The minimum absolute atomic E-state index is 0.201. The van der Waals surface area contributed by atoms with Crippen molar-refractivity contribution in [3.8, 4) is 0 Å². The van der Waals surface area contributed by atoms with Crippen LogP contribution >= 0.6 is 11.6 Å². The maximum atomic E-state index is 12.0. The molecule has 2 heterocycles. The second-order valence-electron chi connectivity index (χ2n) is 3.49. The van der Waals surface area contributed by atoms with Gasteiger partial charge in [0.05, 0.1) is 18.6 Å². The standard InChI is InChI=1S/C10H10ClN5O/c1-16(6-7-2-13-14-3-7)10(17)8-4-12-5-9(11)15-8/h2-5H,6H2,1H3,(H,13,14). The van der Waals surface area contributed by atoms with Crippen LogP contribution in [0.4, 0.5) is 0 Å². The summed E-state index contributed by atoms with van der Waals surface area (Å²) in [6.45, 7) is 0.448. The molecule has 0 saturated carbocycles. The van der Waals surface area contributed by atoms with Crippen molar-refractivity contribution in [2.45, 2.75) is 6.54 Å². The molecule has 2 aromatic heterocycles. The van der Waals surface area contributed by atoms with E-state index in [4.69, 9.17) is 11.6 Å². The summed E-state index contributed by atoms with van der Waals surface area (Å²) in [5.41, 5.74) is 1.14. The summed E-state index contributed by atoms with van der Waals surface area (Å²) in [7, 11) is 1.68. The smallest absolute Gasteiger partial charge is 0.274 e. The number of hydrogen-bond acceptors (Lipinski definition) is 4. The zero-order chi connectivity index (χ0) is 12.3. The number of nitrogens with zero attached hydrogens (tertiary/aromatic N) is 4. The Kier molecular flexibility index (Phi) is 3.34. The molecule has 0 aliphatic heterocycles. The van der Waals surface area contributed by atoms with Gasteiger partial charge in [0.1, 0.15) is 10.8 Å². The summed E-state index contributed by atoms with van der Waals surface area (Å²) in [6.07, 6.45) is 6.16. The van der Waals surface area contributed by atoms with E-state index in [-0.39, 0.29) is 16.8 Å². The molecule has 2 aromatic rings. The molecule has 0 fully saturated rings. The highest BCUT2D eigenvalue weighted by Crippen LogP contribution is 2.07. The number of aromatic nitrogens is 4. The summed E-state index contributed by atoms with van der Waals surface area (Å²) in [5, 5.41) is 6.70. The number of hydrogen-bond donors (Lipinski definition) is 1. The number of halogens is 1. The minimum atomic E-state index is -0.235. The lowest BCUT2D eigenvalue weighted by atomic mass is 10.3. The predicted molar refractivity (Wildman–Crippen MR) is 61.4 cm³/mol. The van der Waals surface area contributed by atoms with E-state index < -0.39 is 0 Å². The largest absolute Gasteiger partial charge is 0.336 e. The minimum Gasteiger partial charge on any atom is -0.336 e. The molecule has 2 rings (SSSR count). The van der Waals surface area contributed by atoms with Gasteiger partial charge < -0.3 is 4.90 Å². The van der Waals surface area contributed by atoms with Crippen molar-refractivity contribution in [2.24, 2.45) is 0 Å². The van der Waals surface area contributed by atoms with Gasteiger partial charge in [0.2, 0.25) is 0 Å². The van der Waals surface area contributed by atoms with Crippen LogP contribution in [0, 0.1) is 0 Å². The Morgan fingerprint density at radius 3 is 2.94 bits per heavy atom. The Labute approximate surface area is 103 Å². The molecule has 0 saturated heterocycles. The summed E-state index contributed by atoms with van der Waals surface area (Å²) >= 11 is 5.68. The molecule has 1 N–H and O–H groups in total. The fourth-order valence-electron chi connectivity index (χ4n) is 1.35. The summed E-state index contributed by atoms with van der Waals surface area (Å²) in [6, 6.07) is 0. The van der Waals surface area contributed by atoms with Gasteiger partial charge in [0.25, 0.3) is 5.91 Å². The molecule has 0 aliphatic carbocycles. The van der Waals surface area contributed by atoms with Gasteiger partial charge in [-0.1, -0.05) is 11.6 Å². The Morgan fingerprint density at radius 2 is 2.29 bits per heavy atom. The molecular formula is C10H10ClN5O. The lowest BCUT2D eigenvalue weighted by Crippen LogP contribution is -2.27. The van der Waals surface area contributed by atoms with Crippen LogP contribution in [-0.4, -0.2) is 38.0 Å². The van der Waals surface area contributed by atoms with E-state index in [1.807, 2.05) is 0 Å². The molecule has 0 bridgehead atoms. The molecule has 0 aliphatic rings. The van der Waals surface area contributed by atoms with Gasteiger partial charge in [-0.2, -0.15) is 5.10 Å². The molecule has 1 amide bonds. The maximum Gasteiger partial charge on any atom is 0.274 e. The molecule has 0 atom stereocenters. The monoisotopic (exact) mass is 251 g/mol. The first-order valence-electron chi connectivity index (χ1n) is 4.87. The molecular weight excluding hydrogens is 242 g/mol. The molecule has 0 aromatic carbocycles. The van der Waals surface area contributed by atoms with Crippen LogP contribution in [0.5, 0.6) is 0 Å². The van der Waals surface area contributed by atoms with E-state index >= 15 is 0 Å². The number of nitrogens with one attached hydrogen (secondary N) is 1. The van der Waals surface area contributed by atoms with Crippen LogP contribution in [-0.2, 0) is 6.54 Å². The fraction of sp³-hybridized carbons (Fsp3) is 0.200. The Balaban J connectivity index is 2.09. The lowest BCUT2D eigenvalue weighted by molar-refractivity contribution is 0.0779. The molecule has 7 heteroatoms. The van der Waals surface area contributed by atoms with Gasteiger partial charge in [0, 0.05) is 25.4 Å². The fourth-order valence-corrected chi connectivity index (χ4v) is 1.50. The molecule has 6 nitrogen and oxygen atoms in total. The maximum absolute atomic E-state index is 12.0. The highest BCUT2D eigenvalue weighted by molar-refractivity contribution is 6.29. The van der Waals surface area contributed by atoms with Gasteiger partial charge in [-0.25, -0.2) is 4.98 Å². The zero-order valence-corrected chi connectivity index (χ0v) is 9.85. The number of H-pyrrole nitrogens is 1. The molecule has 17 heavy (non-hydrogen) atoms. The lowest BCUT2D eigenvalue weighted by Gasteiger charge is -2.15. The van der Waals surface area contributed by atoms with Crippen LogP contribution < -0.4 is 0 Å². The zero-order valence-electron chi connectivity index (χ0n) is 9.09. The number of carbonyl (C=O) groups excluding carboxylic acids is 1. The normalized spacial score (nSPS) is 10.2. The Morgan fingerprint density at radius 1 is 1.47 bits per heavy atom. The molecule has 0 spiro atoms. The SMILES string of the molecule is CN(Cc1cn[nH]c1)C(=O)c1cncc(Cl)n1. The first kappa shape index (κ1) is 11.5. The Bertz CT molecular complexity index is 513. The van der Waals surface area contributed by atoms with E-state index in [0.29, 0.717) is 6.54 Å². The van der Waals surface area contributed by atoms with Crippen LogP contribution in [0.1, 0.15) is 16.1 Å². The van der Waals surface area contributed by atoms with Crippen molar-refractivity contribution >= 4 is 17.5 Å². The van der Waals surface area contributed by atoms with E-state index in [1.165, 1.54) is 17.3 Å². The van der Waals surface area contributed by atoms with Gasteiger partial charge in [-0.3, -0.25) is 14.9 Å². The third kappa shape index (κ3) is 2.79. The number of aromatic amines is 1. The van der Waals surface area contributed by atoms with Crippen molar-refractivity contribution < 1.29 is 4.79 Å². The summed E-state index contributed by atoms with van der Waals surface area (Å²) < 4.78 is 0. The molecule has 0 unspecified atom stereocenters. The average Bonchev–Trinajstić information content (AvgIpc) is 2.80. The number of carbonyl (C=O) groups is 1. The van der Waals surface area contributed by atoms with Crippen LogP contribution in [0.2, 0.25) is 5.15 Å². The second kappa shape index (κ2) is 4.92. The average molecular weight is 252 g/mol. The number of rotatable bonds is 3. The van der Waals surface area contributed by atoms with Crippen molar-refractivity contribution in [1.82, 2.24) is 25.1 Å². The third-order valence-corrected chi connectivity index (χ3v) is 2.33. The van der Waals surface area contributed by atoms with Crippen molar-refractivity contribution in [1.29, 1.82) is 0 Å². The highest BCUT2D eigenvalue weighted by atomic mass is 35.5. The van der Waals surface area contributed by atoms with E-state index in [2.05, 4.69) is 20.2 Å². The van der Waals surface area contributed by atoms with Crippen molar-refractivity contribution in [3.63, 3.8) is 0 Å². The van der Waals surface area contributed by atoms with Gasteiger partial charge in [-0.05, 0) is 0 Å². The van der Waals surface area contributed by atoms with Crippen LogP contribution in [0.3, 0.4) is 0 Å². The first-order chi connectivity index (χ1) is 8.16. The predicted octanol–water partition coefficient (Wildman–Crippen LogP) is 1.13. The van der Waals surface area contributed by atoms with Gasteiger partial charge in [0.15, 0.2) is 0 Å². The van der Waals surface area contributed by atoms with E-state index in [0.717, 1.165) is 5.56 Å². The summed E-state index contributed by atoms with van der Waals surface area (Å²) in [4.78, 5) is 21.2. The topological polar surface area (TPSA) is 74.8 Å². The highest BCUT2D eigenvalue weighted by Gasteiger charge is 2.14. The molecule has 0 radical (unpaired) electrons. The van der Waals surface area contributed by atoms with Crippen LogP contribution in [0.15, 0.2) is 24.8 Å².